The lowest BCUT2D eigenvalue weighted by Crippen LogP contribution is -2.34. The summed E-state index contributed by atoms with van der Waals surface area (Å²) in [5.74, 6) is 0.600. The van der Waals surface area contributed by atoms with E-state index in [4.69, 9.17) is 17.0 Å². The van der Waals surface area contributed by atoms with Crippen LogP contribution in [0.2, 0.25) is 0 Å². The molecule has 0 aliphatic heterocycles. The van der Waals surface area contributed by atoms with Gasteiger partial charge in [-0.1, -0.05) is 56.3 Å². The van der Waals surface area contributed by atoms with Crippen LogP contribution >= 0.6 is 12.2 Å². The third-order valence-electron chi connectivity index (χ3n) is 4.89. The monoisotopic (exact) mass is 392 g/mol. The van der Waals surface area contributed by atoms with Crippen molar-refractivity contribution < 1.29 is 9.53 Å². The van der Waals surface area contributed by atoms with Gasteiger partial charge in [-0.2, -0.15) is 0 Å². The van der Waals surface area contributed by atoms with E-state index in [2.05, 4.69) is 30.5 Å². The summed E-state index contributed by atoms with van der Waals surface area (Å²) in [6, 6.07) is 19.5. The molecule has 0 aliphatic carbocycles. The lowest BCUT2D eigenvalue weighted by Gasteiger charge is -2.17. The van der Waals surface area contributed by atoms with Gasteiger partial charge in [0.1, 0.15) is 5.75 Å². The van der Waals surface area contributed by atoms with E-state index in [1.165, 1.54) is 5.56 Å². The van der Waals surface area contributed by atoms with Crippen molar-refractivity contribution in [3.05, 3.63) is 71.8 Å². The van der Waals surface area contributed by atoms with Gasteiger partial charge in [0.25, 0.3) is 5.91 Å². The molecule has 0 bridgehead atoms. The number of rotatable bonds is 5. The molecular weight excluding hydrogens is 368 g/mol. The Morgan fingerprint density at radius 3 is 2.39 bits per heavy atom. The minimum atomic E-state index is -0.305. The topological polar surface area (TPSA) is 50.4 Å². The molecule has 1 amide bonds. The van der Waals surface area contributed by atoms with Crippen LogP contribution in [0.1, 0.15) is 42.1 Å². The lowest BCUT2D eigenvalue weighted by molar-refractivity contribution is 0.0975. The Bertz CT molecular complexity index is 1020. The zero-order valence-corrected chi connectivity index (χ0v) is 17.1. The number of ether oxygens (including phenoxy) is 1. The third-order valence-corrected chi connectivity index (χ3v) is 5.10. The van der Waals surface area contributed by atoms with Crippen LogP contribution in [0.4, 0.5) is 5.69 Å². The van der Waals surface area contributed by atoms with Gasteiger partial charge < -0.3 is 10.1 Å². The maximum Gasteiger partial charge on any atom is 0.261 e. The molecule has 28 heavy (non-hydrogen) atoms. The van der Waals surface area contributed by atoms with Gasteiger partial charge in [0.15, 0.2) is 5.11 Å². The van der Waals surface area contributed by atoms with Crippen LogP contribution in [0.3, 0.4) is 0 Å². The molecule has 0 spiro atoms. The molecule has 0 radical (unpaired) electrons. The molecule has 0 saturated carbocycles. The first-order chi connectivity index (χ1) is 13.5. The van der Waals surface area contributed by atoms with E-state index < -0.39 is 0 Å². The molecule has 3 aromatic rings. The standard InChI is InChI=1S/C23H24N2O2S/c1-4-15(2)18-11-7-8-12-20(18)24-23(28)25-22(26)19-13-16-9-5-6-10-17(16)14-21(19)27-3/h5-15H,4H2,1-3H3,(H2,24,25,26,28)/t15-/m0/s1. The molecule has 0 fully saturated rings. The normalized spacial score (nSPS) is 11.7. The van der Waals surface area contributed by atoms with Crippen LogP contribution in [0.5, 0.6) is 5.75 Å². The van der Waals surface area contributed by atoms with Gasteiger partial charge in [0.2, 0.25) is 0 Å². The van der Waals surface area contributed by atoms with Crippen molar-refractivity contribution in [1.82, 2.24) is 5.32 Å². The van der Waals surface area contributed by atoms with E-state index in [-0.39, 0.29) is 11.0 Å². The van der Waals surface area contributed by atoms with Crippen LogP contribution in [0.25, 0.3) is 10.8 Å². The van der Waals surface area contributed by atoms with E-state index in [0.29, 0.717) is 17.2 Å². The van der Waals surface area contributed by atoms with Crippen LogP contribution in [0.15, 0.2) is 60.7 Å². The quantitative estimate of drug-likeness (QED) is 0.564. The lowest BCUT2D eigenvalue weighted by atomic mass is 9.97. The molecule has 0 unspecified atom stereocenters. The number of hydrogen-bond acceptors (Lipinski definition) is 3. The first kappa shape index (κ1) is 19.8. The maximum atomic E-state index is 12.8. The number of nitrogens with one attached hydrogen (secondary N) is 2. The second-order valence-corrected chi connectivity index (χ2v) is 7.11. The number of carbonyl (C=O) groups excluding carboxylic acids is 1. The number of para-hydroxylation sites is 1. The first-order valence-corrected chi connectivity index (χ1v) is 9.72. The number of hydrogen-bond donors (Lipinski definition) is 2. The second-order valence-electron chi connectivity index (χ2n) is 6.70. The Morgan fingerprint density at radius 2 is 1.71 bits per heavy atom. The summed E-state index contributed by atoms with van der Waals surface area (Å²) < 4.78 is 5.42. The second kappa shape index (κ2) is 8.85. The predicted molar refractivity (Wildman–Crippen MR) is 119 cm³/mol. The molecule has 0 aliphatic rings. The number of anilines is 1. The van der Waals surface area contributed by atoms with Crippen molar-refractivity contribution in [2.24, 2.45) is 0 Å². The molecule has 0 saturated heterocycles. The van der Waals surface area contributed by atoms with Gasteiger partial charge in [0, 0.05) is 5.69 Å². The number of fused-ring (bicyclic) bond motifs is 1. The van der Waals surface area contributed by atoms with Gasteiger partial charge in [-0.15, -0.1) is 0 Å². The Hall–Kier alpha value is -2.92. The summed E-state index contributed by atoms with van der Waals surface area (Å²) in [4.78, 5) is 12.8. The molecule has 2 N–H and O–H groups in total. The Labute approximate surface area is 170 Å². The summed E-state index contributed by atoms with van der Waals surface area (Å²) in [5.41, 5.74) is 2.53. The Morgan fingerprint density at radius 1 is 1.07 bits per heavy atom. The maximum absolute atomic E-state index is 12.8. The van der Waals surface area contributed by atoms with Gasteiger partial charge >= 0.3 is 0 Å². The SMILES string of the molecule is CC[C@H](C)c1ccccc1NC(=S)NC(=O)c1cc2ccccc2cc1OC. The third kappa shape index (κ3) is 4.31. The first-order valence-electron chi connectivity index (χ1n) is 9.31. The zero-order valence-electron chi connectivity index (χ0n) is 16.3. The van der Waals surface area contributed by atoms with Crippen molar-refractivity contribution in [1.29, 1.82) is 0 Å². The minimum absolute atomic E-state index is 0.260. The van der Waals surface area contributed by atoms with E-state index in [0.717, 1.165) is 22.9 Å². The fraction of sp³-hybridized carbons (Fsp3) is 0.217. The number of carbonyl (C=O) groups is 1. The average molecular weight is 393 g/mol. The fourth-order valence-electron chi connectivity index (χ4n) is 3.15. The Balaban J connectivity index is 1.80. The molecule has 3 aromatic carbocycles. The highest BCUT2D eigenvalue weighted by atomic mass is 32.1. The van der Waals surface area contributed by atoms with Gasteiger partial charge in [-0.3, -0.25) is 10.1 Å². The van der Waals surface area contributed by atoms with Crippen LogP contribution in [-0.2, 0) is 0 Å². The van der Waals surface area contributed by atoms with E-state index in [1.807, 2.05) is 54.6 Å². The molecule has 0 heterocycles. The summed E-state index contributed by atoms with van der Waals surface area (Å²) in [6.07, 6.45) is 1.02. The smallest absolute Gasteiger partial charge is 0.261 e. The molecule has 0 aromatic heterocycles. The Kier molecular flexibility index (Phi) is 6.26. The fourth-order valence-corrected chi connectivity index (χ4v) is 3.35. The summed E-state index contributed by atoms with van der Waals surface area (Å²) >= 11 is 5.39. The number of amides is 1. The van der Waals surface area contributed by atoms with Gasteiger partial charge in [-0.05, 0) is 59.1 Å². The molecule has 3 rings (SSSR count). The highest BCUT2D eigenvalue weighted by Crippen LogP contribution is 2.27. The highest BCUT2D eigenvalue weighted by Gasteiger charge is 2.16. The van der Waals surface area contributed by atoms with Crippen LogP contribution in [0, 0.1) is 0 Å². The van der Waals surface area contributed by atoms with Gasteiger partial charge in [0.05, 0.1) is 12.7 Å². The highest BCUT2D eigenvalue weighted by molar-refractivity contribution is 7.80. The zero-order chi connectivity index (χ0) is 20.1. The largest absolute Gasteiger partial charge is 0.496 e. The summed E-state index contributed by atoms with van der Waals surface area (Å²) in [7, 11) is 1.56. The van der Waals surface area contributed by atoms with E-state index in [9.17, 15) is 4.79 Å². The number of methoxy groups -OCH3 is 1. The predicted octanol–water partition coefficient (Wildman–Crippen LogP) is 5.49. The molecule has 144 valence electrons. The molecule has 4 nitrogen and oxygen atoms in total. The minimum Gasteiger partial charge on any atom is -0.496 e. The summed E-state index contributed by atoms with van der Waals surface area (Å²) in [6.45, 7) is 4.32. The molecular formula is C23H24N2O2S. The molecule has 5 heteroatoms. The van der Waals surface area contributed by atoms with Crippen molar-refractivity contribution in [3.63, 3.8) is 0 Å². The van der Waals surface area contributed by atoms with E-state index in [1.54, 1.807) is 7.11 Å². The van der Waals surface area contributed by atoms with Crippen molar-refractivity contribution in [2.45, 2.75) is 26.2 Å². The molecule has 1 atom stereocenters. The van der Waals surface area contributed by atoms with Gasteiger partial charge in [-0.25, -0.2) is 0 Å². The van der Waals surface area contributed by atoms with Crippen LogP contribution < -0.4 is 15.4 Å². The van der Waals surface area contributed by atoms with Crippen molar-refractivity contribution in [3.8, 4) is 5.75 Å². The number of thiocarbonyl (C=S) groups is 1. The summed E-state index contributed by atoms with van der Waals surface area (Å²) in [5, 5.41) is 8.17. The van der Waals surface area contributed by atoms with Crippen LogP contribution in [-0.4, -0.2) is 18.1 Å². The number of benzene rings is 3. The average Bonchev–Trinajstić information content (AvgIpc) is 2.72. The van der Waals surface area contributed by atoms with Crippen molar-refractivity contribution >= 4 is 39.7 Å². The van der Waals surface area contributed by atoms with E-state index >= 15 is 0 Å². The van der Waals surface area contributed by atoms with Crippen molar-refractivity contribution in [2.75, 3.05) is 12.4 Å².